The summed E-state index contributed by atoms with van der Waals surface area (Å²) in [5, 5.41) is 2.92. The van der Waals surface area contributed by atoms with Gasteiger partial charge in [0.05, 0.1) is 0 Å². The van der Waals surface area contributed by atoms with Crippen LogP contribution in [0.2, 0.25) is 0 Å². The summed E-state index contributed by atoms with van der Waals surface area (Å²) in [6.07, 6.45) is 0. The van der Waals surface area contributed by atoms with Crippen molar-refractivity contribution in [3.05, 3.63) is 83.2 Å². The molecule has 0 atom stereocenters. The van der Waals surface area contributed by atoms with Gasteiger partial charge in [0.2, 0.25) is 0 Å². The van der Waals surface area contributed by atoms with Gasteiger partial charge >= 0.3 is 0 Å². The fourth-order valence-electron chi connectivity index (χ4n) is 2.68. The van der Waals surface area contributed by atoms with E-state index < -0.39 is 0 Å². The summed E-state index contributed by atoms with van der Waals surface area (Å²) in [6.45, 7) is 6.17. The summed E-state index contributed by atoms with van der Waals surface area (Å²) in [5.41, 5.74) is 6.05. The lowest BCUT2D eigenvalue weighted by molar-refractivity contribution is 0.102. The van der Waals surface area contributed by atoms with Gasteiger partial charge in [-0.15, -0.1) is 0 Å². The van der Waals surface area contributed by atoms with Gasteiger partial charge in [0.1, 0.15) is 0 Å². The highest BCUT2D eigenvalue weighted by atomic mass is 16.1. The van der Waals surface area contributed by atoms with Crippen LogP contribution < -0.4 is 5.32 Å². The van der Waals surface area contributed by atoms with E-state index in [1.807, 2.05) is 55.5 Å². The summed E-state index contributed by atoms with van der Waals surface area (Å²) < 4.78 is 2.17. The molecule has 0 saturated carbocycles. The molecule has 23 heavy (non-hydrogen) atoms. The molecule has 0 radical (unpaired) electrons. The minimum atomic E-state index is -0.0960. The van der Waals surface area contributed by atoms with Crippen LogP contribution in [0.4, 0.5) is 5.69 Å². The lowest BCUT2D eigenvalue weighted by Gasteiger charge is -2.10. The maximum atomic E-state index is 12.3. The van der Waals surface area contributed by atoms with Gasteiger partial charge in [-0.25, -0.2) is 0 Å². The number of amides is 1. The van der Waals surface area contributed by atoms with E-state index in [1.54, 1.807) is 0 Å². The van der Waals surface area contributed by atoms with Crippen LogP contribution in [-0.4, -0.2) is 10.5 Å². The average molecular weight is 304 g/mol. The maximum Gasteiger partial charge on any atom is 0.255 e. The number of anilines is 1. The number of hydrogen-bond acceptors (Lipinski definition) is 1. The molecule has 0 aliphatic heterocycles. The fourth-order valence-corrected chi connectivity index (χ4v) is 2.68. The molecular formula is C20H20N2O. The summed E-state index contributed by atoms with van der Waals surface area (Å²) in [5.74, 6) is -0.0960. The molecular weight excluding hydrogens is 284 g/mol. The maximum absolute atomic E-state index is 12.3. The van der Waals surface area contributed by atoms with Crippen molar-refractivity contribution in [3.63, 3.8) is 0 Å². The number of nitrogens with one attached hydrogen (secondary N) is 1. The Morgan fingerprint density at radius 1 is 0.783 bits per heavy atom. The van der Waals surface area contributed by atoms with Crippen LogP contribution in [0.5, 0.6) is 0 Å². The second-order valence-electron chi connectivity index (χ2n) is 5.82. The SMILES string of the molecule is Cc1ccc(NC(=O)c2ccc(-n3c(C)ccc3C)cc2)cc1. The highest BCUT2D eigenvalue weighted by molar-refractivity contribution is 6.04. The Morgan fingerprint density at radius 3 is 1.91 bits per heavy atom. The lowest BCUT2D eigenvalue weighted by atomic mass is 10.1. The topological polar surface area (TPSA) is 34.0 Å². The molecule has 1 amide bonds. The van der Waals surface area contributed by atoms with Crippen molar-refractivity contribution in [2.75, 3.05) is 5.32 Å². The molecule has 3 nitrogen and oxygen atoms in total. The van der Waals surface area contributed by atoms with Crippen LogP contribution in [0.3, 0.4) is 0 Å². The van der Waals surface area contributed by atoms with Crippen LogP contribution in [0.25, 0.3) is 5.69 Å². The van der Waals surface area contributed by atoms with Crippen molar-refractivity contribution < 1.29 is 4.79 Å². The minimum Gasteiger partial charge on any atom is -0.322 e. The number of carbonyl (C=O) groups excluding carboxylic acids is 1. The Morgan fingerprint density at radius 2 is 1.35 bits per heavy atom. The summed E-state index contributed by atoms with van der Waals surface area (Å²) in [6, 6.07) is 19.6. The van der Waals surface area contributed by atoms with Gasteiger partial charge in [-0.05, 0) is 69.3 Å². The third kappa shape index (κ3) is 3.19. The Balaban J connectivity index is 1.79. The molecule has 2 aromatic carbocycles. The van der Waals surface area contributed by atoms with E-state index in [0.717, 1.165) is 11.4 Å². The fraction of sp³-hybridized carbons (Fsp3) is 0.150. The standard InChI is InChI=1S/C20H20N2O/c1-14-4-10-18(11-5-14)21-20(23)17-8-12-19(13-9-17)22-15(2)6-7-16(22)3/h4-13H,1-3H3,(H,21,23). The third-order valence-corrected chi connectivity index (χ3v) is 3.97. The first-order valence-electron chi connectivity index (χ1n) is 7.68. The highest BCUT2D eigenvalue weighted by Gasteiger charge is 2.08. The predicted molar refractivity (Wildman–Crippen MR) is 94.4 cm³/mol. The van der Waals surface area contributed by atoms with E-state index in [2.05, 4.69) is 35.9 Å². The van der Waals surface area contributed by atoms with Crippen LogP contribution in [-0.2, 0) is 0 Å². The molecule has 1 heterocycles. The zero-order chi connectivity index (χ0) is 16.4. The second kappa shape index (κ2) is 6.13. The molecule has 116 valence electrons. The van der Waals surface area contributed by atoms with E-state index in [4.69, 9.17) is 0 Å². The molecule has 3 aromatic rings. The van der Waals surface area contributed by atoms with Crippen LogP contribution in [0.15, 0.2) is 60.7 Å². The first-order chi connectivity index (χ1) is 11.0. The molecule has 1 aromatic heterocycles. The van der Waals surface area contributed by atoms with Crippen LogP contribution >= 0.6 is 0 Å². The van der Waals surface area contributed by atoms with Crippen LogP contribution in [0, 0.1) is 20.8 Å². The lowest BCUT2D eigenvalue weighted by Crippen LogP contribution is -2.12. The molecule has 3 rings (SSSR count). The molecule has 0 unspecified atom stereocenters. The Bertz CT molecular complexity index is 808. The Labute approximate surface area is 136 Å². The van der Waals surface area contributed by atoms with Crippen molar-refractivity contribution in [1.82, 2.24) is 4.57 Å². The van der Waals surface area contributed by atoms with Gasteiger partial charge in [-0.1, -0.05) is 17.7 Å². The summed E-state index contributed by atoms with van der Waals surface area (Å²) in [7, 11) is 0. The predicted octanol–water partition coefficient (Wildman–Crippen LogP) is 4.65. The monoisotopic (exact) mass is 304 g/mol. The number of nitrogens with zero attached hydrogens (tertiary/aromatic N) is 1. The zero-order valence-electron chi connectivity index (χ0n) is 13.6. The Kier molecular flexibility index (Phi) is 4.02. The quantitative estimate of drug-likeness (QED) is 0.750. The van der Waals surface area contributed by atoms with E-state index in [1.165, 1.54) is 17.0 Å². The number of benzene rings is 2. The van der Waals surface area contributed by atoms with Crippen molar-refractivity contribution in [2.45, 2.75) is 20.8 Å². The molecule has 0 spiro atoms. The first kappa shape index (κ1) is 15.1. The van der Waals surface area contributed by atoms with Gasteiger partial charge in [0, 0.05) is 28.3 Å². The van der Waals surface area contributed by atoms with Crippen molar-refractivity contribution in [3.8, 4) is 5.69 Å². The number of carbonyl (C=O) groups is 1. The Hall–Kier alpha value is -2.81. The molecule has 3 heteroatoms. The zero-order valence-corrected chi connectivity index (χ0v) is 13.6. The first-order valence-corrected chi connectivity index (χ1v) is 7.68. The van der Waals surface area contributed by atoms with Gasteiger partial charge in [-0.2, -0.15) is 0 Å². The molecule has 0 fully saturated rings. The van der Waals surface area contributed by atoms with Crippen molar-refractivity contribution >= 4 is 11.6 Å². The molecule has 1 N–H and O–H groups in total. The summed E-state index contributed by atoms with van der Waals surface area (Å²) >= 11 is 0. The number of aryl methyl sites for hydroxylation is 3. The molecule has 0 aliphatic rings. The smallest absolute Gasteiger partial charge is 0.255 e. The highest BCUT2D eigenvalue weighted by Crippen LogP contribution is 2.17. The number of hydrogen-bond donors (Lipinski definition) is 1. The van der Waals surface area contributed by atoms with E-state index in [0.29, 0.717) is 5.56 Å². The van der Waals surface area contributed by atoms with E-state index in [9.17, 15) is 4.79 Å². The molecule has 0 saturated heterocycles. The van der Waals surface area contributed by atoms with Crippen molar-refractivity contribution in [1.29, 1.82) is 0 Å². The van der Waals surface area contributed by atoms with Gasteiger partial charge < -0.3 is 9.88 Å². The molecule has 0 bridgehead atoms. The van der Waals surface area contributed by atoms with Gasteiger partial charge in [-0.3, -0.25) is 4.79 Å². The summed E-state index contributed by atoms with van der Waals surface area (Å²) in [4.78, 5) is 12.3. The average Bonchev–Trinajstić information content (AvgIpc) is 2.88. The minimum absolute atomic E-state index is 0.0960. The normalized spacial score (nSPS) is 10.6. The largest absolute Gasteiger partial charge is 0.322 e. The molecule has 0 aliphatic carbocycles. The number of rotatable bonds is 3. The van der Waals surface area contributed by atoms with Gasteiger partial charge in [0.25, 0.3) is 5.91 Å². The number of aromatic nitrogens is 1. The van der Waals surface area contributed by atoms with Crippen molar-refractivity contribution in [2.24, 2.45) is 0 Å². The second-order valence-corrected chi connectivity index (χ2v) is 5.82. The van der Waals surface area contributed by atoms with E-state index in [-0.39, 0.29) is 5.91 Å². The van der Waals surface area contributed by atoms with E-state index >= 15 is 0 Å². The third-order valence-electron chi connectivity index (χ3n) is 3.97. The van der Waals surface area contributed by atoms with Gasteiger partial charge in [0.15, 0.2) is 0 Å². The van der Waals surface area contributed by atoms with Crippen LogP contribution in [0.1, 0.15) is 27.3 Å².